The smallest absolute Gasteiger partial charge is 0.247 e. The molecule has 0 fully saturated rings. The molecule has 0 radical (unpaired) electrons. The van der Waals surface area contributed by atoms with Crippen LogP contribution in [0.15, 0.2) is 42.7 Å². The molecule has 1 atom stereocenters. The zero-order valence-corrected chi connectivity index (χ0v) is 15.3. The minimum absolute atomic E-state index is 0.102. The van der Waals surface area contributed by atoms with Crippen LogP contribution in [0.25, 0.3) is 11.3 Å². The first-order valence-electron chi connectivity index (χ1n) is 8.77. The summed E-state index contributed by atoms with van der Waals surface area (Å²) in [7, 11) is 0. The molecule has 0 aliphatic carbocycles. The summed E-state index contributed by atoms with van der Waals surface area (Å²) in [4.78, 5) is 15.0. The second kappa shape index (κ2) is 6.96. The molecule has 1 amide bonds. The minimum Gasteiger partial charge on any atom is -0.336 e. The minimum atomic E-state index is -0.266. The molecule has 3 aromatic rings. The van der Waals surface area contributed by atoms with Crippen LogP contribution in [0, 0.1) is 0 Å². The van der Waals surface area contributed by atoms with Crippen molar-refractivity contribution >= 4 is 17.5 Å². The summed E-state index contributed by atoms with van der Waals surface area (Å²) in [6, 6.07) is 9.20. The number of carbonyl (C=O) groups is 1. The molecule has 0 bridgehead atoms. The third-order valence-electron chi connectivity index (χ3n) is 4.88. The van der Waals surface area contributed by atoms with Crippen LogP contribution < -0.4 is 0 Å². The predicted octanol–water partition coefficient (Wildman–Crippen LogP) is 3.46. The highest BCUT2D eigenvalue weighted by atomic mass is 35.5. The third-order valence-corrected chi connectivity index (χ3v) is 5.13. The Kier molecular flexibility index (Phi) is 4.51. The number of fused-ring (bicyclic) bond motifs is 1. The SMILES string of the molecule is CCC(C(=O)N1CCc2[nH]nc(-c3ccc(Cl)cc3)c2C1)n1cccn1. The molecule has 3 heterocycles. The number of rotatable bonds is 4. The molecule has 1 aliphatic rings. The molecule has 1 unspecified atom stereocenters. The topological polar surface area (TPSA) is 66.8 Å². The van der Waals surface area contributed by atoms with Crippen molar-refractivity contribution in [3.8, 4) is 11.3 Å². The van der Waals surface area contributed by atoms with E-state index < -0.39 is 0 Å². The molecular formula is C19H20ClN5O. The molecular weight excluding hydrogens is 350 g/mol. The number of benzene rings is 1. The van der Waals surface area contributed by atoms with E-state index in [4.69, 9.17) is 11.6 Å². The maximum Gasteiger partial charge on any atom is 0.247 e. The zero-order valence-electron chi connectivity index (χ0n) is 14.5. The van der Waals surface area contributed by atoms with E-state index in [1.165, 1.54) is 0 Å². The number of halogens is 1. The summed E-state index contributed by atoms with van der Waals surface area (Å²) in [5, 5.41) is 12.6. The van der Waals surface area contributed by atoms with Crippen LogP contribution in [-0.2, 0) is 17.8 Å². The molecule has 6 nitrogen and oxygen atoms in total. The summed E-state index contributed by atoms with van der Waals surface area (Å²) in [5.41, 5.74) is 4.08. The van der Waals surface area contributed by atoms with Crippen LogP contribution in [0.4, 0.5) is 0 Å². The van der Waals surface area contributed by atoms with E-state index in [0.29, 0.717) is 24.5 Å². The van der Waals surface area contributed by atoms with Gasteiger partial charge in [-0.15, -0.1) is 0 Å². The Hall–Kier alpha value is -2.60. The van der Waals surface area contributed by atoms with Gasteiger partial charge in [0.15, 0.2) is 0 Å². The lowest BCUT2D eigenvalue weighted by Gasteiger charge is -2.30. The van der Waals surface area contributed by atoms with Gasteiger partial charge in [-0.2, -0.15) is 10.2 Å². The lowest BCUT2D eigenvalue weighted by atomic mass is 10.00. The molecule has 0 spiro atoms. The number of hydrogen-bond donors (Lipinski definition) is 1. The summed E-state index contributed by atoms with van der Waals surface area (Å²) in [5.74, 6) is 0.102. The van der Waals surface area contributed by atoms with E-state index in [2.05, 4.69) is 15.3 Å². The Morgan fingerprint density at radius 1 is 1.35 bits per heavy atom. The Balaban J connectivity index is 1.60. The first-order chi connectivity index (χ1) is 12.7. The van der Waals surface area contributed by atoms with Crippen LogP contribution in [0.5, 0.6) is 0 Å². The lowest BCUT2D eigenvalue weighted by Crippen LogP contribution is -2.40. The largest absolute Gasteiger partial charge is 0.336 e. The van der Waals surface area contributed by atoms with Crippen LogP contribution in [-0.4, -0.2) is 37.3 Å². The first-order valence-corrected chi connectivity index (χ1v) is 9.15. The van der Waals surface area contributed by atoms with Crippen LogP contribution in [0.1, 0.15) is 30.6 Å². The molecule has 26 heavy (non-hydrogen) atoms. The number of aromatic nitrogens is 4. The molecule has 2 aromatic heterocycles. The predicted molar refractivity (Wildman–Crippen MR) is 99.7 cm³/mol. The number of nitrogens with one attached hydrogen (secondary N) is 1. The normalized spacial score (nSPS) is 14.9. The van der Waals surface area contributed by atoms with Crippen molar-refractivity contribution < 1.29 is 4.79 Å². The summed E-state index contributed by atoms with van der Waals surface area (Å²) in [6.07, 6.45) is 5.04. The first kappa shape index (κ1) is 16.8. The van der Waals surface area contributed by atoms with Crippen molar-refractivity contribution in [2.24, 2.45) is 0 Å². The molecule has 0 saturated carbocycles. The van der Waals surface area contributed by atoms with Crippen molar-refractivity contribution in [3.05, 3.63) is 59.0 Å². The van der Waals surface area contributed by atoms with E-state index in [1.54, 1.807) is 10.9 Å². The van der Waals surface area contributed by atoms with Gasteiger partial charge in [0.1, 0.15) is 6.04 Å². The Labute approximate surface area is 156 Å². The molecule has 7 heteroatoms. The highest BCUT2D eigenvalue weighted by molar-refractivity contribution is 6.30. The van der Waals surface area contributed by atoms with Gasteiger partial charge >= 0.3 is 0 Å². The number of hydrogen-bond acceptors (Lipinski definition) is 3. The summed E-state index contributed by atoms with van der Waals surface area (Å²) in [6.45, 7) is 3.25. The fourth-order valence-corrected chi connectivity index (χ4v) is 3.61. The monoisotopic (exact) mass is 369 g/mol. The van der Waals surface area contributed by atoms with Crippen molar-refractivity contribution in [2.45, 2.75) is 32.4 Å². The number of aromatic amines is 1. The maximum atomic E-state index is 13.1. The molecule has 134 valence electrons. The number of amides is 1. The summed E-state index contributed by atoms with van der Waals surface area (Å²) >= 11 is 5.99. The van der Waals surface area contributed by atoms with E-state index >= 15 is 0 Å². The van der Waals surface area contributed by atoms with Crippen molar-refractivity contribution in [1.82, 2.24) is 24.9 Å². The van der Waals surface area contributed by atoms with Gasteiger partial charge in [0.05, 0.1) is 5.69 Å². The standard InChI is InChI=1S/C19H20ClN5O/c1-2-17(25-10-3-9-21-25)19(26)24-11-8-16-15(12-24)18(23-22-16)13-4-6-14(20)7-5-13/h3-7,9-10,17H,2,8,11-12H2,1H3,(H,22,23). The van der Waals surface area contributed by atoms with Crippen LogP contribution >= 0.6 is 11.6 Å². The number of H-pyrrole nitrogens is 1. The van der Waals surface area contributed by atoms with Crippen molar-refractivity contribution in [3.63, 3.8) is 0 Å². The van der Waals surface area contributed by atoms with Gasteiger partial charge in [-0.1, -0.05) is 30.7 Å². The second-order valence-corrected chi connectivity index (χ2v) is 6.89. The highest BCUT2D eigenvalue weighted by Gasteiger charge is 2.30. The zero-order chi connectivity index (χ0) is 18.1. The second-order valence-electron chi connectivity index (χ2n) is 6.46. The lowest BCUT2D eigenvalue weighted by molar-refractivity contribution is -0.136. The van der Waals surface area contributed by atoms with E-state index in [9.17, 15) is 4.79 Å². The summed E-state index contributed by atoms with van der Waals surface area (Å²) < 4.78 is 1.74. The Bertz CT molecular complexity index is 901. The fourth-order valence-electron chi connectivity index (χ4n) is 3.48. The Morgan fingerprint density at radius 2 is 2.15 bits per heavy atom. The molecule has 1 aliphatic heterocycles. The third kappa shape index (κ3) is 3.01. The van der Waals surface area contributed by atoms with Gasteiger partial charge in [0.2, 0.25) is 5.91 Å². The van der Waals surface area contributed by atoms with Gasteiger partial charge < -0.3 is 4.90 Å². The molecule has 1 N–H and O–H groups in total. The average molecular weight is 370 g/mol. The van der Waals surface area contributed by atoms with Crippen molar-refractivity contribution in [1.29, 1.82) is 0 Å². The van der Waals surface area contributed by atoms with Gasteiger partial charge in [0, 0.05) is 53.7 Å². The molecule has 4 rings (SSSR count). The van der Waals surface area contributed by atoms with E-state index in [1.807, 2.05) is 48.4 Å². The van der Waals surface area contributed by atoms with Gasteiger partial charge in [-0.3, -0.25) is 14.6 Å². The van der Waals surface area contributed by atoms with E-state index in [-0.39, 0.29) is 11.9 Å². The molecule has 0 saturated heterocycles. The van der Waals surface area contributed by atoms with Gasteiger partial charge in [-0.25, -0.2) is 0 Å². The van der Waals surface area contributed by atoms with Crippen LogP contribution in [0.2, 0.25) is 5.02 Å². The maximum absolute atomic E-state index is 13.1. The van der Waals surface area contributed by atoms with Gasteiger partial charge in [-0.05, 0) is 24.6 Å². The molecule has 1 aromatic carbocycles. The van der Waals surface area contributed by atoms with Gasteiger partial charge in [0.25, 0.3) is 0 Å². The average Bonchev–Trinajstić information content (AvgIpc) is 3.32. The Morgan fingerprint density at radius 3 is 2.85 bits per heavy atom. The number of nitrogens with zero attached hydrogens (tertiary/aromatic N) is 4. The van der Waals surface area contributed by atoms with Crippen LogP contribution in [0.3, 0.4) is 0 Å². The number of carbonyl (C=O) groups excluding carboxylic acids is 1. The fraction of sp³-hybridized carbons (Fsp3) is 0.316. The van der Waals surface area contributed by atoms with E-state index in [0.717, 1.165) is 28.9 Å². The van der Waals surface area contributed by atoms with Crippen molar-refractivity contribution in [2.75, 3.05) is 6.54 Å². The quantitative estimate of drug-likeness (QED) is 0.765. The highest BCUT2D eigenvalue weighted by Crippen LogP contribution is 2.30.